The summed E-state index contributed by atoms with van der Waals surface area (Å²) >= 11 is 0. The van der Waals surface area contributed by atoms with Crippen molar-refractivity contribution in [3.63, 3.8) is 0 Å². The minimum atomic E-state index is -1.33. The molecule has 1 amide bonds. The minimum Gasteiger partial charge on any atom is -0.496 e. The molecule has 67 heavy (non-hydrogen) atoms. The average molecular weight is 929 g/mol. The number of nitrogens with zero attached hydrogens (tertiary/aromatic N) is 2. The van der Waals surface area contributed by atoms with Gasteiger partial charge in [-0.3, -0.25) is 9.59 Å². The Labute approximate surface area is 400 Å². The summed E-state index contributed by atoms with van der Waals surface area (Å²) in [5, 5.41) is 25.0. The van der Waals surface area contributed by atoms with Gasteiger partial charge in [-0.2, -0.15) is 0 Å². The monoisotopic (exact) mass is 929 g/mol. The van der Waals surface area contributed by atoms with E-state index in [4.69, 9.17) is 33.7 Å². The van der Waals surface area contributed by atoms with Crippen LogP contribution in [0.5, 0.6) is 23.0 Å². The number of hydrogen-bond acceptors (Lipinski definition) is 11. The Hall–Kier alpha value is -4.23. The van der Waals surface area contributed by atoms with E-state index in [0.29, 0.717) is 67.4 Å². The number of benzene rings is 2. The number of hydrogen-bond donors (Lipinski definition) is 2. The molecule has 0 spiro atoms. The van der Waals surface area contributed by atoms with Crippen molar-refractivity contribution in [3.8, 4) is 23.0 Å². The van der Waals surface area contributed by atoms with Gasteiger partial charge in [-0.25, -0.2) is 0 Å². The first kappa shape index (κ1) is 52.1. The highest BCUT2D eigenvalue weighted by atomic mass is 16.8. The molecule has 2 fully saturated rings. The van der Waals surface area contributed by atoms with Crippen molar-refractivity contribution in [3.05, 3.63) is 71.8 Å². The number of carbonyl (C=O) groups is 2. The molecule has 0 radical (unpaired) electrons. The van der Waals surface area contributed by atoms with Crippen molar-refractivity contribution in [2.75, 3.05) is 40.1 Å². The number of amides is 1. The largest absolute Gasteiger partial charge is 0.496 e. The van der Waals surface area contributed by atoms with Gasteiger partial charge in [0, 0.05) is 50.5 Å². The summed E-state index contributed by atoms with van der Waals surface area (Å²) in [7, 11) is 1.53. The average Bonchev–Trinajstić information content (AvgIpc) is 3.35. The molecule has 2 N–H and O–H groups in total. The van der Waals surface area contributed by atoms with E-state index in [-0.39, 0.29) is 43.5 Å². The molecule has 12 heteroatoms. The molecule has 7 atom stereocenters. The van der Waals surface area contributed by atoms with Gasteiger partial charge in [0.15, 0.2) is 6.29 Å². The molecule has 2 aromatic rings. The molecule has 1 saturated heterocycles. The van der Waals surface area contributed by atoms with E-state index < -0.39 is 24.0 Å². The van der Waals surface area contributed by atoms with E-state index >= 15 is 0 Å². The Morgan fingerprint density at radius 3 is 2.33 bits per heavy atom. The standard InChI is InChI=1S/C55H80N2O10/c1-5-8-9-10-11-12-13-14-15-24-51(61)57(30-6-2)50-38-47(56-67-52-25-18-21-34-63-52)45-36-40(22-16-19-31-58)44(23-17-20-32-59)53-46-37-43(65-42-26-28-48(62-4)41(35-42)39-60)27-29-49(46)66-55(50,54(45)53)64-33-7-3/h7,26-29,35-37,39-40,44,50,52-54,58-59H,3,5-6,8-25,30-34,38H2,1-2,4H3. The fourth-order valence-electron chi connectivity index (χ4n) is 11.1. The summed E-state index contributed by atoms with van der Waals surface area (Å²) in [4.78, 5) is 35.2. The zero-order valence-electron chi connectivity index (χ0n) is 40.8. The van der Waals surface area contributed by atoms with Crippen molar-refractivity contribution < 1.29 is 48.3 Å². The maximum Gasteiger partial charge on any atom is 0.239 e. The second-order valence-corrected chi connectivity index (χ2v) is 19.0. The molecular weight excluding hydrogens is 849 g/mol. The smallest absolute Gasteiger partial charge is 0.239 e. The number of unbranched alkanes of at least 4 members (excludes halogenated alkanes) is 10. The van der Waals surface area contributed by atoms with Gasteiger partial charge in [-0.1, -0.05) is 95.4 Å². The zero-order valence-corrected chi connectivity index (χ0v) is 40.8. The number of oxime groups is 1. The number of aliphatic hydroxyl groups excluding tert-OH is 2. The summed E-state index contributed by atoms with van der Waals surface area (Å²) in [5.74, 6) is 0.449. The lowest BCUT2D eigenvalue weighted by Gasteiger charge is -2.60. The number of ether oxygens (including phenoxy) is 5. The van der Waals surface area contributed by atoms with Crippen LogP contribution < -0.4 is 14.2 Å². The predicted octanol–water partition coefficient (Wildman–Crippen LogP) is 11.6. The van der Waals surface area contributed by atoms with Crippen LogP contribution in [0.4, 0.5) is 0 Å². The van der Waals surface area contributed by atoms with Crippen LogP contribution in [0, 0.1) is 17.8 Å². The van der Waals surface area contributed by atoms with Crippen molar-refractivity contribution in [2.45, 2.75) is 173 Å². The Kier molecular flexibility index (Phi) is 21.1. The maximum absolute atomic E-state index is 14.9. The van der Waals surface area contributed by atoms with Crippen LogP contribution in [0.1, 0.15) is 171 Å². The number of rotatable bonds is 30. The quantitative estimate of drug-likeness (QED) is 0.0336. The van der Waals surface area contributed by atoms with E-state index in [0.717, 1.165) is 93.8 Å². The van der Waals surface area contributed by atoms with Gasteiger partial charge >= 0.3 is 0 Å². The van der Waals surface area contributed by atoms with E-state index in [1.54, 1.807) is 24.3 Å². The predicted molar refractivity (Wildman–Crippen MR) is 262 cm³/mol. The van der Waals surface area contributed by atoms with Gasteiger partial charge in [0.05, 0.1) is 37.5 Å². The lowest BCUT2D eigenvalue weighted by molar-refractivity contribution is -0.257. The van der Waals surface area contributed by atoms with E-state index in [1.807, 2.05) is 17.0 Å². The maximum atomic E-state index is 14.9. The van der Waals surface area contributed by atoms with Gasteiger partial charge in [-0.15, -0.1) is 6.58 Å². The van der Waals surface area contributed by atoms with Gasteiger partial charge in [0.25, 0.3) is 0 Å². The topological polar surface area (TPSA) is 146 Å². The molecule has 7 unspecified atom stereocenters. The highest BCUT2D eigenvalue weighted by Gasteiger charge is 2.65. The second kappa shape index (κ2) is 27.1. The van der Waals surface area contributed by atoms with E-state index in [1.165, 1.54) is 45.6 Å². The first-order chi connectivity index (χ1) is 32.9. The third-order valence-corrected chi connectivity index (χ3v) is 14.3. The highest BCUT2D eigenvalue weighted by Crippen LogP contribution is 2.62. The molecule has 0 aromatic heterocycles. The van der Waals surface area contributed by atoms with Gasteiger partial charge in [-0.05, 0) is 105 Å². The summed E-state index contributed by atoms with van der Waals surface area (Å²) in [5.41, 5.74) is 3.09. The first-order valence-electron chi connectivity index (χ1n) is 25.8. The molecule has 2 aliphatic heterocycles. The van der Waals surface area contributed by atoms with Crippen LogP contribution in [0.25, 0.3) is 0 Å². The molecule has 370 valence electrons. The van der Waals surface area contributed by atoms with E-state index in [9.17, 15) is 19.8 Å². The van der Waals surface area contributed by atoms with Crippen LogP contribution in [0.15, 0.2) is 65.9 Å². The molecular formula is C55H80N2O10. The third kappa shape index (κ3) is 13.3. The van der Waals surface area contributed by atoms with E-state index in [2.05, 4.69) is 32.6 Å². The molecule has 2 aliphatic carbocycles. The molecule has 6 rings (SSSR count). The van der Waals surface area contributed by atoms with Crippen molar-refractivity contribution in [2.24, 2.45) is 22.9 Å². The number of allylic oxidation sites excluding steroid dienone is 1. The van der Waals surface area contributed by atoms with Crippen molar-refractivity contribution in [1.82, 2.24) is 4.90 Å². The number of fused-ring (bicyclic) bond motifs is 2. The van der Waals surface area contributed by atoms with Crippen LogP contribution in [0.2, 0.25) is 0 Å². The first-order valence-corrected chi connectivity index (χ1v) is 25.8. The lowest BCUT2D eigenvalue weighted by Crippen LogP contribution is -2.70. The summed E-state index contributed by atoms with van der Waals surface area (Å²) in [6.45, 7) is 9.99. The molecule has 4 aliphatic rings. The summed E-state index contributed by atoms with van der Waals surface area (Å²) in [6.07, 6.45) is 23.8. The number of aldehydes is 1. The van der Waals surface area contributed by atoms with Crippen LogP contribution in [-0.4, -0.2) is 91.2 Å². The van der Waals surface area contributed by atoms with Crippen LogP contribution in [0.3, 0.4) is 0 Å². The van der Waals surface area contributed by atoms with Crippen molar-refractivity contribution in [1.29, 1.82) is 0 Å². The third-order valence-electron chi connectivity index (χ3n) is 14.3. The normalized spacial score (nSPS) is 24.7. The van der Waals surface area contributed by atoms with Gasteiger partial charge in [0.1, 0.15) is 29.0 Å². The summed E-state index contributed by atoms with van der Waals surface area (Å²) in [6, 6.07) is 10.5. The Morgan fingerprint density at radius 1 is 0.910 bits per heavy atom. The SMILES string of the molecule is C=CCOC12Oc3ccc(Oc4ccc(OC)c(C=O)c4)cc3C3C(CCCCO)C(CCCCO)C=C(C(=NOC4CCCCO4)CC1N(CCC)C(=O)CCCCCCCCCCC)C32. The minimum absolute atomic E-state index is 0.0612. The molecule has 2 aromatic carbocycles. The molecule has 2 heterocycles. The number of aliphatic hydroxyl groups is 2. The molecule has 12 nitrogen and oxygen atoms in total. The fraction of sp³-hybridized carbons (Fsp3) is 0.655. The van der Waals surface area contributed by atoms with Gasteiger partial charge < -0.3 is 43.6 Å². The Bertz CT molecular complexity index is 1930. The second-order valence-electron chi connectivity index (χ2n) is 19.0. The fourth-order valence-corrected chi connectivity index (χ4v) is 11.1. The Balaban J connectivity index is 1.47. The highest BCUT2D eigenvalue weighted by molar-refractivity contribution is 6.03. The number of methoxy groups -OCH3 is 1. The number of carbonyl (C=O) groups excluding carboxylic acids is 2. The van der Waals surface area contributed by atoms with Gasteiger partial charge in [0.2, 0.25) is 18.0 Å². The Morgan fingerprint density at radius 2 is 1.64 bits per heavy atom. The van der Waals surface area contributed by atoms with Crippen LogP contribution >= 0.6 is 0 Å². The summed E-state index contributed by atoms with van der Waals surface area (Å²) < 4.78 is 32.6. The zero-order chi connectivity index (χ0) is 47.4. The molecule has 1 saturated carbocycles. The molecule has 0 bridgehead atoms. The van der Waals surface area contributed by atoms with Crippen molar-refractivity contribution >= 4 is 17.9 Å². The lowest BCUT2D eigenvalue weighted by atomic mass is 9.55. The van der Waals surface area contributed by atoms with Crippen LogP contribution in [-0.2, 0) is 19.1 Å².